The predicted octanol–water partition coefficient (Wildman–Crippen LogP) is 1.82. The fourth-order valence-corrected chi connectivity index (χ4v) is 3.36. The van der Waals surface area contributed by atoms with Crippen molar-refractivity contribution in [2.45, 2.75) is 43.6 Å². The molecule has 1 saturated carbocycles. The van der Waals surface area contributed by atoms with Crippen molar-refractivity contribution in [2.24, 2.45) is 0 Å². The molecule has 2 N–H and O–H groups in total. The third kappa shape index (κ3) is 3.90. The second-order valence-corrected chi connectivity index (χ2v) is 6.77. The zero-order valence-electron chi connectivity index (χ0n) is 13.4. The van der Waals surface area contributed by atoms with Gasteiger partial charge < -0.3 is 15.3 Å². The number of amides is 1. The number of nitrogens with one attached hydrogen (secondary N) is 1. The first kappa shape index (κ1) is 16.4. The Hall–Kier alpha value is -1.46. The highest BCUT2D eigenvalue weighted by atomic mass is 19.1. The largest absolute Gasteiger partial charge is 0.393 e. The minimum atomic E-state index is -0.428. The number of aliphatic hydroxyl groups excluding tert-OH is 1. The van der Waals surface area contributed by atoms with E-state index in [-0.39, 0.29) is 17.8 Å². The molecule has 3 rings (SSSR count). The van der Waals surface area contributed by atoms with Crippen molar-refractivity contribution >= 4 is 5.91 Å². The monoisotopic (exact) mass is 320 g/mol. The zero-order valence-corrected chi connectivity index (χ0v) is 13.4. The van der Waals surface area contributed by atoms with Gasteiger partial charge >= 0.3 is 0 Å². The molecule has 1 aliphatic carbocycles. The van der Waals surface area contributed by atoms with Crippen molar-refractivity contribution in [2.75, 3.05) is 26.2 Å². The molecule has 0 radical (unpaired) electrons. The van der Waals surface area contributed by atoms with Crippen molar-refractivity contribution in [1.82, 2.24) is 10.2 Å². The summed E-state index contributed by atoms with van der Waals surface area (Å²) in [6, 6.07) is 6.29. The van der Waals surface area contributed by atoms with Crippen molar-refractivity contribution < 1.29 is 14.3 Å². The van der Waals surface area contributed by atoms with Gasteiger partial charge in [0.25, 0.3) is 0 Å². The number of likely N-dealkylation sites (tertiary alicyclic amines) is 1. The molecule has 126 valence electrons. The number of nitrogens with zero attached hydrogens (tertiary/aromatic N) is 1. The quantitative estimate of drug-likeness (QED) is 0.786. The van der Waals surface area contributed by atoms with Crippen LogP contribution in [0.15, 0.2) is 24.3 Å². The van der Waals surface area contributed by atoms with Crippen LogP contribution < -0.4 is 5.32 Å². The van der Waals surface area contributed by atoms with Crippen LogP contribution in [0, 0.1) is 5.82 Å². The van der Waals surface area contributed by atoms with E-state index in [4.69, 9.17) is 0 Å². The maximum Gasteiger partial charge on any atom is 0.230 e. The van der Waals surface area contributed by atoms with E-state index in [2.05, 4.69) is 10.2 Å². The molecule has 1 aromatic rings. The van der Waals surface area contributed by atoms with Gasteiger partial charge in [-0.3, -0.25) is 4.79 Å². The molecule has 4 nitrogen and oxygen atoms in total. The highest BCUT2D eigenvalue weighted by molar-refractivity contribution is 5.91. The molecule has 1 amide bonds. The van der Waals surface area contributed by atoms with Gasteiger partial charge in [-0.05, 0) is 56.3 Å². The van der Waals surface area contributed by atoms with Crippen LogP contribution in [-0.2, 0) is 10.2 Å². The lowest BCUT2D eigenvalue weighted by Gasteiger charge is -2.29. The topological polar surface area (TPSA) is 52.6 Å². The SMILES string of the molecule is O=C(NCCCN1CCC(O)CC1)C1(c2ccc(F)cc2)CC1. The molecule has 0 spiro atoms. The van der Waals surface area contributed by atoms with E-state index in [9.17, 15) is 14.3 Å². The Labute approximate surface area is 136 Å². The third-order valence-corrected chi connectivity index (χ3v) is 5.08. The Morgan fingerprint density at radius 3 is 2.52 bits per heavy atom. The number of hydrogen-bond donors (Lipinski definition) is 2. The average molecular weight is 320 g/mol. The summed E-state index contributed by atoms with van der Waals surface area (Å²) in [6.07, 6.45) is 4.15. The average Bonchev–Trinajstić information content (AvgIpc) is 3.35. The maximum atomic E-state index is 13.0. The Morgan fingerprint density at radius 1 is 1.26 bits per heavy atom. The third-order valence-electron chi connectivity index (χ3n) is 5.08. The Bertz CT molecular complexity index is 534. The fourth-order valence-electron chi connectivity index (χ4n) is 3.36. The van der Waals surface area contributed by atoms with E-state index < -0.39 is 5.41 Å². The standard InChI is InChI=1S/C18H25FN2O2/c19-15-4-2-14(3-5-15)18(8-9-18)17(23)20-10-1-11-21-12-6-16(22)7-13-21/h2-5,16,22H,1,6-13H2,(H,20,23). The highest BCUT2D eigenvalue weighted by Crippen LogP contribution is 2.48. The molecule has 23 heavy (non-hydrogen) atoms. The highest BCUT2D eigenvalue weighted by Gasteiger charge is 2.50. The molecule has 0 aromatic heterocycles. The van der Waals surface area contributed by atoms with Gasteiger partial charge in [0.15, 0.2) is 0 Å². The Kier molecular flexibility index (Phi) is 4.97. The molecule has 0 unspecified atom stereocenters. The van der Waals surface area contributed by atoms with Gasteiger partial charge in [-0.25, -0.2) is 4.39 Å². The Morgan fingerprint density at radius 2 is 1.91 bits per heavy atom. The molecule has 1 saturated heterocycles. The van der Waals surface area contributed by atoms with Crippen LogP contribution in [0.1, 0.15) is 37.7 Å². The van der Waals surface area contributed by atoms with Crippen LogP contribution in [-0.4, -0.2) is 48.2 Å². The van der Waals surface area contributed by atoms with Crippen molar-refractivity contribution in [3.63, 3.8) is 0 Å². The van der Waals surface area contributed by atoms with Crippen LogP contribution in [0.3, 0.4) is 0 Å². The fraction of sp³-hybridized carbons (Fsp3) is 0.611. The number of benzene rings is 1. The van der Waals surface area contributed by atoms with E-state index in [1.807, 2.05) is 0 Å². The molecule has 0 atom stereocenters. The lowest BCUT2D eigenvalue weighted by molar-refractivity contribution is -0.123. The van der Waals surface area contributed by atoms with Crippen LogP contribution in [0.25, 0.3) is 0 Å². The van der Waals surface area contributed by atoms with E-state index in [1.54, 1.807) is 12.1 Å². The van der Waals surface area contributed by atoms with Gasteiger partial charge in [-0.2, -0.15) is 0 Å². The summed E-state index contributed by atoms with van der Waals surface area (Å²) < 4.78 is 13.0. The van der Waals surface area contributed by atoms with E-state index in [0.29, 0.717) is 6.54 Å². The van der Waals surface area contributed by atoms with Crippen LogP contribution in [0.5, 0.6) is 0 Å². The molecule has 1 aromatic carbocycles. The first-order chi connectivity index (χ1) is 11.1. The Balaban J connectivity index is 1.42. The maximum absolute atomic E-state index is 13.0. The smallest absolute Gasteiger partial charge is 0.230 e. The summed E-state index contributed by atoms with van der Waals surface area (Å²) >= 11 is 0. The van der Waals surface area contributed by atoms with Gasteiger partial charge in [0.1, 0.15) is 5.82 Å². The summed E-state index contributed by atoms with van der Waals surface area (Å²) in [5.74, 6) is -0.199. The number of aliphatic hydroxyl groups is 1. The number of carbonyl (C=O) groups excluding carboxylic acids is 1. The van der Waals surface area contributed by atoms with E-state index in [1.165, 1.54) is 12.1 Å². The van der Waals surface area contributed by atoms with Crippen LogP contribution in [0.2, 0.25) is 0 Å². The zero-order chi connectivity index (χ0) is 16.3. The minimum absolute atomic E-state index is 0.0678. The molecular formula is C18H25FN2O2. The van der Waals surface area contributed by atoms with Gasteiger partial charge in [0.2, 0.25) is 5.91 Å². The van der Waals surface area contributed by atoms with E-state index >= 15 is 0 Å². The molecule has 1 aliphatic heterocycles. The van der Waals surface area contributed by atoms with Gasteiger partial charge in [0.05, 0.1) is 11.5 Å². The van der Waals surface area contributed by atoms with Gasteiger partial charge in [0, 0.05) is 19.6 Å². The van der Waals surface area contributed by atoms with Crippen LogP contribution in [0.4, 0.5) is 4.39 Å². The van der Waals surface area contributed by atoms with Gasteiger partial charge in [-0.15, -0.1) is 0 Å². The van der Waals surface area contributed by atoms with Crippen molar-refractivity contribution in [3.8, 4) is 0 Å². The molecular weight excluding hydrogens is 295 g/mol. The van der Waals surface area contributed by atoms with Crippen molar-refractivity contribution in [1.29, 1.82) is 0 Å². The molecule has 2 fully saturated rings. The van der Waals surface area contributed by atoms with Crippen molar-refractivity contribution in [3.05, 3.63) is 35.6 Å². The van der Waals surface area contributed by atoms with E-state index in [0.717, 1.165) is 57.3 Å². The summed E-state index contributed by atoms with van der Waals surface area (Å²) in [6.45, 7) is 3.50. The first-order valence-electron chi connectivity index (χ1n) is 8.55. The molecule has 0 bridgehead atoms. The number of halogens is 1. The predicted molar refractivity (Wildman–Crippen MR) is 86.6 cm³/mol. The lowest BCUT2D eigenvalue weighted by Crippen LogP contribution is -2.39. The number of piperidine rings is 1. The van der Waals surface area contributed by atoms with Crippen LogP contribution >= 0.6 is 0 Å². The summed E-state index contributed by atoms with van der Waals surface area (Å²) in [7, 11) is 0. The summed E-state index contributed by atoms with van der Waals surface area (Å²) in [5, 5.41) is 12.5. The first-order valence-corrected chi connectivity index (χ1v) is 8.55. The number of hydrogen-bond acceptors (Lipinski definition) is 3. The molecule has 1 heterocycles. The summed E-state index contributed by atoms with van der Waals surface area (Å²) in [5.41, 5.74) is 0.490. The van der Waals surface area contributed by atoms with Gasteiger partial charge in [-0.1, -0.05) is 12.1 Å². The molecule has 5 heteroatoms. The summed E-state index contributed by atoms with van der Waals surface area (Å²) in [4.78, 5) is 14.8. The molecule has 2 aliphatic rings. The lowest BCUT2D eigenvalue weighted by atomic mass is 9.95. The minimum Gasteiger partial charge on any atom is -0.393 e. The second-order valence-electron chi connectivity index (χ2n) is 6.77. The normalized spacial score (nSPS) is 21.1. The number of rotatable bonds is 6. The number of carbonyl (C=O) groups is 1. The second kappa shape index (κ2) is 6.97.